The minimum absolute atomic E-state index is 0.0724. The van der Waals surface area contributed by atoms with Gasteiger partial charge in [-0.25, -0.2) is 13.2 Å². The first-order valence-corrected chi connectivity index (χ1v) is 7.57. The van der Waals surface area contributed by atoms with Gasteiger partial charge in [-0.1, -0.05) is 12.1 Å². The number of methoxy groups -OCH3 is 1. The molecule has 3 aromatic rings. The van der Waals surface area contributed by atoms with Gasteiger partial charge in [-0.3, -0.25) is 4.79 Å². The number of ether oxygens (including phenoxy) is 1. The van der Waals surface area contributed by atoms with Gasteiger partial charge in [0, 0.05) is 6.54 Å². The molecule has 136 valence electrons. The average molecular weight is 365 g/mol. The Kier molecular flexibility index (Phi) is 5.01. The number of carbonyl (C=O) groups excluding carboxylic acids is 1. The van der Waals surface area contributed by atoms with Gasteiger partial charge in [0.05, 0.1) is 13.0 Å². The molecule has 0 radical (unpaired) electrons. The van der Waals surface area contributed by atoms with Crippen molar-refractivity contribution < 1.29 is 22.7 Å². The van der Waals surface area contributed by atoms with Crippen LogP contribution in [0.3, 0.4) is 0 Å². The van der Waals surface area contributed by atoms with Crippen LogP contribution in [0.1, 0.15) is 23.7 Å². The van der Waals surface area contributed by atoms with Crippen LogP contribution in [0.2, 0.25) is 0 Å². The van der Waals surface area contributed by atoms with Crippen LogP contribution in [0.4, 0.5) is 19.0 Å². The lowest BCUT2D eigenvalue weighted by molar-refractivity contribution is -0.142. The number of alkyl halides is 2. The number of fused-ring (bicyclic) bond motifs is 1. The standard InChI is InChI=1S/C16H14F3N5O2/c1-26-16(25)11(9-2-4-10(17)5-3-9)8-20-12-6-7-13-21-22-15(14(18)19)24(13)23-12/h2-7,11,14H,8H2,1H3,(H,20,23). The quantitative estimate of drug-likeness (QED) is 0.676. The molecule has 1 N–H and O–H groups in total. The van der Waals surface area contributed by atoms with Crippen LogP contribution in [0.15, 0.2) is 36.4 Å². The Morgan fingerprint density at radius 3 is 2.58 bits per heavy atom. The predicted molar refractivity (Wildman–Crippen MR) is 85.4 cm³/mol. The van der Waals surface area contributed by atoms with Crippen molar-refractivity contribution in [3.63, 3.8) is 0 Å². The highest BCUT2D eigenvalue weighted by molar-refractivity contribution is 5.78. The Bertz CT molecular complexity index is 914. The van der Waals surface area contributed by atoms with Crippen molar-refractivity contribution in [2.24, 2.45) is 0 Å². The van der Waals surface area contributed by atoms with Crippen LogP contribution >= 0.6 is 0 Å². The SMILES string of the molecule is COC(=O)C(CNc1ccc2nnc(C(F)F)n2n1)c1ccc(F)cc1. The highest BCUT2D eigenvalue weighted by Gasteiger charge is 2.22. The van der Waals surface area contributed by atoms with E-state index in [2.05, 4.69) is 20.6 Å². The molecule has 26 heavy (non-hydrogen) atoms. The zero-order chi connectivity index (χ0) is 18.7. The van der Waals surface area contributed by atoms with E-state index < -0.39 is 30.0 Å². The molecule has 2 heterocycles. The molecular formula is C16H14F3N5O2. The van der Waals surface area contributed by atoms with Crippen LogP contribution in [0.5, 0.6) is 0 Å². The second-order valence-corrected chi connectivity index (χ2v) is 5.36. The zero-order valence-electron chi connectivity index (χ0n) is 13.6. The van der Waals surface area contributed by atoms with Gasteiger partial charge in [0.25, 0.3) is 6.43 Å². The van der Waals surface area contributed by atoms with E-state index in [1.807, 2.05) is 0 Å². The fourth-order valence-electron chi connectivity index (χ4n) is 2.42. The molecule has 0 bridgehead atoms. The van der Waals surface area contributed by atoms with Crippen molar-refractivity contribution in [3.8, 4) is 0 Å². The molecule has 1 unspecified atom stereocenters. The number of carbonyl (C=O) groups is 1. The third kappa shape index (κ3) is 3.58. The van der Waals surface area contributed by atoms with Crippen LogP contribution in [0.25, 0.3) is 5.65 Å². The molecule has 3 rings (SSSR count). The monoisotopic (exact) mass is 365 g/mol. The lowest BCUT2D eigenvalue weighted by atomic mass is 9.99. The Morgan fingerprint density at radius 1 is 1.19 bits per heavy atom. The molecule has 0 spiro atoms. The minimum Gasteiger partial charge on any atom is -0.468 e. The van der Waals surface area contributed by atoms with E-state index in [0.29, 0.717) is 5.56 Å². The highest BCUT2D eigenvalue weighted by atomic mass is 19.3. The Labute approximate surface area is 145 Å². The third-order valence-corrected chi connectivity index (χ3v) is 3.73. The maximum absolute atomic E-state index is 13.1. The first kappa shape index (κ1) is 17.6. The van der Waals surface area contributed by atoms with Gasteiger partial charge in [-0.05, 0) is 29.8 Å². The molecule has 0 aliphatic rings. The van der Waals surface area contributed by atoms with E-state index in [0.717, 1.165) is 4.52 Å². The Morgan fingerprint density at radius 2 is 1.92 bits per heavy atom. The van der Waals surface area contributed by atoms with Gasteiger partial charge < -0.3 is 10.1 Å². The van der Waals surface area contributed by atoms with Gasteiger partial charge in [-0.2, -0.15) is 4.52 Å². The molecule has 0 aliphatic heterocycles. The molecule has 0 saturated heterocycles. The second kappa shape index (κ2) is 7.38. The summed E-state index contributed by atoms with van der Waals surface area (Å²) in [4.78, 5) is 12.0. The van der Waals surface area contributed by atoms with Crippen LogP contribution in [0, 0.1) is 5.82 Å². The van der Waals surface area contributed by atoms with Crippen molar-refractivity contribution in [1.29, 1.82) is 0 Å². The van der Waals surface area contributed by atoms with E-state index in [1.54, 1.807) is 0 Å². The number of esters is 1. The summed E-state index contributed by atoms with van der Waals surface area (Å²) in [6.07, 6.45) is -2.82. The van der Waals surface area contributed by atoms with Crippen LogP contribution in [-0.4, -0.2) is 39.4 Å². The molecule has 1 atom stereocenters. The van der Waals surface area contributed by atoms with Crippen molar-refractivity contribution in [2.75, 3.05) is 19.0 Å². The number of nitrogens with zero attached hydrogens (tertiary/aromatic N) is 4. The summed E-state index contributed by atoms with van der Waals surface area (Å²) in [5.41, 5.74) is 0.721. The number of hydrogen-bond acceptors (Lipinski definition) is 6. The van der Waals surface area contributed by atoms with Gasteiger partial charge in [0.15, 0.2) is 5.65 Å². The van der Waals surface area contributed by atoms with Crippen molar-refractivity contribution in [2.45, 2.75) is 12.3 Å². The van der Waals surface area contributed by atoms with E-state index in [9.17, 15) is 18.0 Å². The van der Waals surface area contributed by atoms with Gasteiger partial charge in [0.1, 0.15) is 11.6 Å². The average Bonchev–Trinajstić information content (AvgIpc) is 3.06. The Balaban J connectivity index is 1.82. The molecule has 2 aromatic heterocycles. The zero-order valence-corrected chi connectivity index (χ0v) is 13.6. The molecule has 7 nitrogen and oxygen atoms in total. The van der Waals surface area contributed by atoms with E-state index >= 15 is 0 Å². The number of benzene rings is 1. The van der Waals surface area contributed by atoms with E-state index in [1.165, 1.54) is 43.5 Å². The van der Waals surface area contributed by atoms with Crippen LogP contribution in [-0.2, 0) is 9.53 Å². The Hall–Kier alpha value is -3.17. The lowest BCUT2D eigenvalue weighted by Gasteiger charge is -2.16. The minimum atomic E-state index is -2.82. The molecule has 0 saturated carbocycles. The van der Waals surface area contributed by atoms with Gasteiger partial charge in [-0.15, -0.1) is 15.3 Å². The first-order chi connectivity index (χ1) is 12.5. The normalized spacial score (nSPS) is 12.3. The summed E-state index contributed by atoms with van der Waals surface area (Å²) in [5.74, 6) is -2.01. The topological polar surface area (TPSA) is 81.4 Å². The van der Waals surface area contributed by atoms with Crippen molar-refractivity contribution in [3.05, 3.63) is 53.6 Å². The highest BCUT2D eigenvalue weighted by Crippen LogP contribution is 2.20. The van der Waals surface area contributed by atoms with E-state index in [-0.39, 0.29) is 18.0 Å². The molecule has 10 heteroatoms. The summed E-state index contributed by atoms with van der Waals surface area (Å²) in [5, 5.41) is 13.9. The predicted octanol–water partition coefficient (Wildman–Crippen LogP) is 2.57. The molecule has 1 aromatic carbocycles. The molecule has 0 fully saturated rings. The van der Waals surface area contributed by atoms with Gasteiger partial charge in [0.2, 0.25) is 5.82 Å². The number of rotatable bonds is 6. The molecule has 0 aliphatic carbocycles. The smallest absolute Gasteiger partial charge is 0.314 e. The van der Waals surface area contributed by atoms with E-state index in [4.69, 9.17) is 4.74 Å². The summed E-state index contributed by atoms with van der Waals surface area (Å²) in [6, 6.07) is 8.43. The summed E-state index contributed by atoms with van der Waals surface area (Å²) >= 11 is 0. The number of hydrogen-bond donors (Lipinski definition) is 1. The van der Waals surface area contributed by atoms with Crippen molar-refractivity contribution in [1.82, 2.24) is 19.8 Å². The van der Waals surface area contributed by atoms with Gasteiger partial charge >= 0.3 is 5.97 Å². The maximum Gasteiger partial charge on any atom is 0.314 e. The number of aromatic nitrogens is 4. The molecule has 0 amide bonds. The number of anilines is 1. The third-order valence-electron chi connectivity index (χ3n) is 3.73. The number of halogens is 3. The summed E-state index contributed by atoms with van der Waals surface area (Å²) in [6.45, 7) is 0.0724. The van der Waals surface area contributed by atoms with Crippen LogP contribution < -0.4 is 5.32 Å². The summed E-state index contributed by atoms with van der Waals surface area (Å²) < 4.78 is 44.6. The number of nitrogens with one attached hydrogen (secondary N) is 1. The second-order valence-electron chi connectivity index (χ2n) is 5.36. The fraction of sp³-hybridized carbons (Fsp3) is 0.250. The first-order valence-electron chi connectivity index (χ1n) is 7.57. The fourth-order valence-corrected chi connectivity index (χ4v) is 2.42. The maximum atomic E-state index is 13.1. The molecular weight excluding hydrogens is 351 g/mol. The largest absolute Gasteiger partial charge is 0.468 e. The lowest BCUT2D eigenvalue weighted by Crippen LogP contribution is -2.23. The van der Waals surface area contributed by atoms with Crippen molar-refractivity contribution >= 4 is 17.4 Å². The summed E-state index contributed by atoms with van der Waals surface area (Å²) in [7, 11) is 1.25.